The Bertz CT molecular complexity index is 448. The Labute approximate surface area is 101 Å². The van der Waals surface area contributed by atoms with Crippen molar-refractivity contribution in [2.75, 3.05) is 14.2 Å². The number of carbonyl (C=O) groups is 1. The molecule has 1 atom stereocenters. The van der Waals surface area contributed by atoms with E-state index < -0.39 is 0 Å². The van der Waals surface area contributed by atoms with Crippen LogP contribution in [0.1, 0.15) is 17.3 Å². The van der Waals surface area contributed by atoms with Gasteiger partial charge in [0, 0.05) is 6.07 Å². The molecule has 0 aliphatic heterocycles. The lowest BCUT2D eigenvalue weighted by atomic mass is 10.1. The normalized spacial score (nSPS) is 11.2. The predicted octanol–water partition coefficient (Wildman–Crippen LogP) is 1.46. The van der Waals surface area contributed by atoms with Gasteiger partial charge >= 0.3 is 0 Å². The fourth-order valence-electron chi connectivity index (χ4n) is 1.30. The zero-order valence-electron chi connectivity index (χ0n) is 10.1. The number of hydrogen-bond donors (Lipinski definition) is 1. The van der Waals surface area contributed by atoms with Gasteiger partial charge in [-0.1, -0.05) is 5.92 Å². The summed E-state index contributed by atoms with van der Waals surface area (Å²) >= 11 is 0. The minimum Gasteiger partial charge on any atom is -0.497 e. The SMILES string of the molecule is C#CC(C)NC(=O)c1ccc(OC)cc1OC. The fraction of sp³-hybridized carbons (Fsp3) is 0.308. The first-order valence-electron chi connectivity index (χ1n) is 5.11. The molecule has 0 fully saturated rings. The Hall–Kier alpha value is -2.15. The van der Waals surface area contributed by atoms with Gasteiger partial charge in [0.1, 0.15) is 11.5 Å². The Morgan fingerprint density at radius 1 is 1.41 bits per heavy atom. The van der Waals surface area contributed by atoms with Crippen molar-refractivity contribution in [3.63, 3.8) is 0 Å². The van der Waals surface area contributed by atoms with Gasteiger partial charge in [0.2, 0.25) is 0 Å². The molecule has 0 radical (unpaired) electrons. The fourth-order valence-corrected chi connectivity index (χ4v) is 1.30. The minimum absolute atomic E-state index is 0.269. The first-order valence-corrected chi connectivity index (χ1v) is 5.11. The third kappa shape index (κ3) is 3.15. The lowest BCUT2D eigenvalue weighted by molar-refractivity contribution is 0.0945. The third-order valence-electron chi connectivity index (χ3n) is 2.25. The van der Waals surface area contributed by atoms with Crippen LogP contribution in [0.5, 0.6) is 11.5 Å². The number of carbonyl (C=O) groups excluding carboxylic acids is 1. The maximum absolute atomic E-state index is 11.9. The summed E-state index contributed by atoms with van der Waals surface area (Å²) in [4.78, 5) is 11.9. The van der Waals surface area contributed by atoms with Crippen LogP contribution >= 0.6 is 0 Å². The van der Waals surface area contributed by atoms with Crippen LogP contribution in [0.4, 0.5) is 0 Å². The summed E-state index contributed by atoms with van der Waals surface area (Å²) in [5.41, 5.74) is 0.426. The van der Waals surface area contributed by atoms with Crippen molar-refractivity contribution in [1.82, 2.24) is 5.32 Å². The number of nitrogens with one attached hydrogen (secondary N) is 1. The average molecular weight is 233 g/mol. The van der Waals surface area contributed by atoms with Crippen LogP contribution in [-0.4, -0.2) is 26.2 Å². The number of methoxy groups -OCH3 is 2. The van der Waals surface area contributed by atoms with E-state index in [2.05, 4.69) is 11.2 Å². The number of benzene rings is 1. The standard InChI is InChI=1S/C13H15NO3/c1-5-9(2)14-13(15)11-7-6-10(16-3)8-12(11)17-4/h1,6-9H,2-4H3,(H,14,15). The molecular formula is C13H15NO3. The molecule has 90 valence electrons. The maximum atomic E-state index is 11.9. The molecule has 0 aliphatic rings. The van der Waals surface area contributed by atoms with Crippen LogP contribution in [0.25, 0.3) is 0 Å². The first kappa shape index (κ1) is 12.9. The predicted molar refractivity (Wildman–Crippen MR) is 65.3 cm³/mol. The molecule has 1 unspecified atom stereocenters. The highest BCUT2D eigenvalue weighted by atomic mass is 16.5. The molecular weight excluding hydrogens is 218 g/mol. The van der Waals surface area contributed by atoms with Crippen LogP contribution in [-0.2, 0) is 0 Å². The first-order chi connectivity index (χ1) is 8.12. The highest BCUT2D eigenvalue weighted by Gasteiger charge is 2.14. The van der Waals surface area contributed by atoms with Crippen molar-refractivity contribution in [1.29, 1.82) is 0 Å². The molecule has 0 heterocycles. The van der Waals surface area contributed by atoms with Crippen molar-refractivity contribution < 1.29 is 14.3 Å². The van der Waals surface area contributed by atoms with Crippen molar-refractivity contribution >= 4 is 5.91 Å². The Kier molecular flexibility index (Phi) is 4.41. The van der Waals surface area contributed by atoms with Crippen LogP contribution in [0.3, 0.4) is 0 Å². The Balaban J connectivity index is 2.97. The van der Waals surface area contributed by atoms with Gasteiger partial charge in [-0.05, 0) is 19.1 Å². The van der Waals surface area contributed by atoms with Gasteiger partial charge in [0.15, 0.2) is 0 Å². The van der Waals surface area contributed by atoms with Gasteiger partial charge in [0.25, 0.3) is 5.91 Å². The molecule has 4 nitrogen and oxygen atoms in total. The molecule has 1 rings (SSSR count). The molecule has 1 amide bonds. The molecule has 0 aromatic heterocycles. The second-order valence-electron chi connectivity index (χ2n) is 3.43. The molecule has 0 aliphatic carbocycles. The summed E-state index contributed by atoms with van der Waals surface area (Å²) < 4.78 is 10.2. The quantitative estimate of drug-likeness (QED) is 0.801. The van der Waals surface area contributed by atoms with Crippen molar-refractivity contribution in [3.8, 4) is 23.8 Å². The monoisotopic (exact) mass is 233 g/mol. The van der Waals surface area contributed by atoms with Gasteiger partial charge in [-0.15, -0.1) is 6.42 Å². The van der Waals surface area contributed by atoms with E-state index in [1.165, 1.54) is 7.11 Å². The molecule has 0 bridgehead atoms. The largest absolute Gasteiger partial charge is 0.497 e. The van der Waals surface area contributed by atoms with Gasteiger partial charge < -0.3 is 14.8 Å². The second kappa shape index (κ2) is 5.80. The second-order valence-corrected chi connectivity index (χ2v) is 3.43. The number of rotatable bonds is 4. The molecule has 1 aromatic carbocycles. The number of hydrogen-bond acceptors (Lipinski definition) is 3. The minimum atomic E-state index is -0.325. The van der Waals surface area contributed by atoms with Gasteiger partial charge in [-0.3, -0.25) is 4.79 Å². The number of terminal acetylenes is 1. The van der Waals surface area contributed by atoms with E-state index in [0.717, 1.165) is 0 Å². The highest BCUT2D eigenvalue weighted by Crippen LogP contribution is 2.24. The van der Waals surface area contributed by atoms with Crippen LogP contribution in [0, 0.1) is 12.3 Å². The van der Waals surface area contributed by atoms with E-state index in [9.17, 15) is 4.79 Å². The van der Waals surface area contributed by atoms with E-state index in [-0.39, 0.29) is 11.9 Å². The maximum Gasteiger partial charge on any atom is 0.256 e. The highest BCUT2D eigenvalue weighted by molar-refractivity contribution is 5.97. The van der Waals surface area contributed by atoms with Crippen LogP contribution in [0.15, 0.2) is 18.2 Å². The molecule has 17 heavy (non-hydrogen) atoms. The summed E-state index contributed by atoms with van der Waals surface area (Å²) in [7, 11) is 3.05. The summed E-state index contributed by atoms with van der Waals surface area (Å²) in [5, 5.41) is 2.66. The smallest absolute Gasteiger partial charge is 0.256 e. The lowest BCUT2D eigenvalue weighted by Crippen LogP contribution is -2.31. The number of ether oxygens (including phenoxy) is 2. The summed E-state index contributed by atoms with van der Waals surface area (Å²) in [6.45, 7) is 1.73. The molecule has 1 aromatic rings. The van der Waals surface area contributed by atoms with Gasteiger partial charge in [0.05, 0.1) is 25.8 Å². The van der Waals surface area contributed by atoms with Gasteiger partial charge in [-0.25, -0.2) is 0 Å². The lowest BCUT2D eigenvalue weighted by Gasteiger charge is -2.12. The van der Waals surface area contributed by atoms with Crippen molar-refractivity contribution in [2.45, 2.75) is 13.0 Å². The Morgan fingerprint density at radius 2 is 2.12 bits per heavy atom. The third-order valence-corrected chi connectivity index (χ3v) is 2.25. The van der Waals surface area contributed by atoms with Gasteiger partial charge in [-0.2, -0.15) is 0 Å². The van der Waals surface area contributed by atoms with E-state index in [1.54, 1.807) is 32.2 Å². The van der Waals surface area contributed by atoms with Crippen LogP contribution in [0.2, 0.25) is 0 Å². The molecule has 0 saturated heterocycles. The summed E-state index contributed by atoms with van der Waals surface area (Å²) in [6.07, 6.45) is 5.20. The van der Waals surface area contributed by atoms with Crippen molar-refractivity contribution in [3.05, 3.63) is 23.8 Å². The molecule has 1 N–H and O–H groups in total. The summed E-state index contributed by atoms with van der Waals surface area (Å²) in [6, 6.07) is 4.65. The summed E-state index contributed by atoms with van der Waals surface area (Å²) in [5.74, 6) is 3.24. The van der Waals surface area contributed by atoms with E-state index in [1.807, 2.05) is 0 Å². The Morgan fingerprint density at radius 3 is 2.65 bits per heavy atom. The number of amides is 1. The van der Waals surface area contributed by atoms with Crippen molar-refractivity contribution in [2.24, 2.45) is 0 Å². The van der Waals surface area contributed by atoms with Crippen LogP contribution < -0.4 is 14.8 Å². The zero-order chi connectivity index (χ0) is 12.8. The average Bonchev–Trinajstić information content (AvgIpc) is 2.37. The molecule has 0 spiro atoms. The zero-order valence-corrected chi connectivity index (χ0v) is 10.1. The molecule has 4 heteroatoms. The van der Waals surface area contributed by atoms with E-state index in [0.29, 0.717) is 17.1 Å². The van der Waals surface area contributed by atoms with E-state index in [4.69, 9.17) is 15.9 Å². The topological polar surface area (TPSA) is 47.6 Å². The van der Waals surface area contributed by atoms with E-state index >= 15 is 0 Å². The molecule has 0 saturated carbocycles.